The minimum Gasteiger partial charge on any atom is -0.351 e. The molecule has 0 saturated carbocycles. The Morgan fingerprint density at radius 1 is 1.21 bits per heavy atom. The molecule has 0 radical (unpaired) electrons. The van der Waals surface area contributed by atoms with Crippen molar-refractivity contribution >= 4 is 17.5 Å². The number of amides is 1. The van der Waals surface area contributed by atoms with E-state index >= 15 is 0 Å². The maximum Gasteiger partial charge on any atom is 0.255 e. The molecule has 0 fully saturated rings. The quantitative estimate of drug-likeness (QED) is 0.837. The van der Waals surface area contributed by atoms with Crippen LogP contribution in [0.5, 0.6) is 0 Å². The summed E-state index contributed by atoms with van der Waals surface area (Å²) < 4.78 is 1.86. The molecule has 0 aliphatic carbocycles. The van der Waals surface area contributed by atoms with Gasteiger partial charge in [-0.15, -0.1) is 0 Å². The molecule has 0 aliphatic rings. The highest BCUT2D eigenvalue weighted by molar-refractivity contribution is 6.30. The van der Waals surface area contributed by atoms with Crippen LogP contribution in [0, 0.1) is 0 Å². The number of rotatable bonds is 7. The summed E-state index contributed by atoms with van der Waals surface area (Å²) in [5, 5.41) is 8.35. The third kappa shape index (κ3) is 4.16. The fraction of sp³-hybridized carbons (Fsp3) is 0.444. The average Bonchev–Trinajstić information content (AvgIpc) is 2.93. The van der Waals surface area contributed by atoms with Crippen LogP contribution in [0.4, 0.5) is 0 Å². The summed E-state index contributed by atoms with van der Waals surface area (Å²) in [5.74, 6) is -0.0502. The van der Waals surface area contributed by atoms with Gasteiger partial charge in [-0.2, -0.15) is 5.10 Å². The van der Waals surface area contributed by atoms with Crippen molar-refractivity contribution in [2.75, 3.05) is 27.2 Å². The number of aromatic nitrogens is 2. The second-order valence-corrected chi connectivity index (χ2v) is 6.36. The highest BCUT2D eigenvalue weighted by Crippen LogP contribution is 2.21. The Morgan fingerprint density at radius 2 is 1.88 bits per heavy atom. The third-order valence-corrected chi connectivity index (χ3v) is 4.12. The number of carbonyl (C=O) groups is 1. The molecule has 1 heterocycles. The molecule has 1 amide bonds. The summed E-state index contributed by atoms with van der Waals surface area (Å²) in [6.45, 7) is 5.48. The van der Waals surface area contributed by atoms with Crippen molar-refractivity contribution in [2.45, 2.75) is 26.7 Å². The predicted molar refractivity (Wildman–Crippen MR) is 98.2 cm³/mol. The first kappa shape index (κ1) is 18.5. The largest absolute Gasteiger partial charge is 0.351 e. The van der Waals surface area contributed by atoms with E-state index in [1.807, 2.05) is 61.8 Å². The van der Waals surface area contributed by atoms with Gasteiger partial charge in [-0.05, 0) is 51.2 Å². The lowest BCUT2D eigenvalue weighted by molar-refractivity contribution is 0.0949. The number of carbonyl (C=O) groups excluding carboxylic acids is 1. The first-order chi connectivity index (χ1) is 11.5. The minimum atomic E-state index is -0.0502. The van der Waals surface area contributed by atoms with Crippen molar-refractivity contribution in [2.24, 2.45) is 0 Å². The molecule has 0 atom stereocenters. The second-order valence-electron chi connectivity index (χ2n) is 5.92. The summed E-state index contributed by atoms with van der Waals surface area (Å²) in [4.78, 5) is 14.7. The van der Waals surface area contributed by atoms with Crippen LogP contribution in [0.1, 0.15) is 35.6 Å². The summed E-state index contributed by atoms with van der Waals surface area (Å²) in [5.41, 5.74) is 3.37. The standard InChI is InChI=1S/C18H25ClN4O/c1-5-15-17(18(24)20-11-12-22(3)4)16(6-2)23(21-15)14-9-7-13(19)8-10-14/h7-10H,5-6,11-12H2,1-4H3,(H,20,24). The molecule has 1 N–H and O–H groups in total. The molecule has 0 saturated heterocycles. The first-order valence-electron chi connectivity index (χ1n) is 8.27. The molecule has 24 heavy (non-hydrogen) atoms. The van der Waals surface area contributed by atoms with Gasteiger partial charge in [-0.25, -0.2) is 4.68 Å². The Hall–Kier alpha value is -1.85. The van der Waals surface area contributed by atoms with Crippen molar-refractivity contribution in [3.63, 3.8) is 0 Å². The molecule has 0 bridgehead atoms. The molecule has 1 aromatic heterocycles. The fourth-order valence-corrected chi connectivity index (χ4v) is 2.74. The molecule has 130 valence electrons. The molecule has 2 aromatic rings. The van der Waals surface area contributed by atoms with Crippen LogP contribution in [0.3, 0.4) is 0 Å². The lowest BCUT2D eigenvalue weighted by atomic mass is 10.1. The Kier molecular flexibility index (Phi) is 6.40. The summed E-state index contributed by atoms with van der Waals surface area (Å²) in [7, 11) is 3.97. The zero-order chi connectivity index (χ0) is 17.7. The summed E-state index contributed by atoms with van der Waals surface area (Å²) in [6.07, 6.45) is 1.44. The van der Waals surface area contributed by atoms with Crippen LogP contribution in [0.15, 0.2) is 24.3 Å². The molecular weight excluding hydrogens is 324 g/mol. The number of halogens is 1. The molecule has 0 aliphatic heterocycles. The maximum atomic E-state index is 12.7. The highest BCUT2D eigenvalue weighted by Gasteiger charge is 2.22. The number of nitrogens with zero attached hydrogens (tertiary/aromatic N) is 3. The molecule has 1 aromatic carbocycles. The van der Waals surface area contributed by atoms with E-state index in [4.69, 9.17) is 11.6 Å². The average molecular weight is 349 g/mol. The van der Waals surface area contributed by atoms with E-state index in [9.17, 15) is 4.79 Å². The van der Waals surface area contributed by atoms with Crippen LogP contribution in [0.25, 0.3) is 5.69 Å². The van der Waals surface area contributed by atoms with E-state index < -0.39 is 0 Å². The highest BCUT2D eigenvalue weighted by atomic mass is 35.5. The van der Waals surface area contributed by atoms with E-state index in [0.717, 1.165) is 30.0 Å². The molecule has 6 heteroatoms. The van der Waals surface area contributed by atoms with Gasteiger partial charge in [0.1, 0.15) is 0 Å². The number of nitrogens with one attached hydrogen (secondary N) is 1. The van der Waals surface area contributed by atoms with E-state index in [2.05, 4.69) is 10.4 Å². The Morgan fingerprint density at radius 3 is 2.42 bits per heavy atom. The molecular formula is C18H25ClN4O. The SMILES string of the molecule is CCc1nn(-c2ccc(Cl)cc2)c(CC)c1C(=O)NCCN(C)C. The number of hydrogen-bond donors (Lipinski definition) is 1. The topological polar surface area (TPSA) is 50.2 Å². The zero-order valence-corrected chi connectivity index (χ0v) is 15.5. The number of likely N-dealkylation sites (N-methyl/N-ethyl adjacent to an activating group) is 1. The van der Waals surface area contributed by atoms with Crippen molar-refractivity contribution < 1.29 is 4.79 Å². The van der Waals surface area contributed by atoms with E-state index in [0.29, 0.717) is 23.6 Å². The fourth-order valence-electron chi connectivity index (χ4n) is 2.62. The Labute approximate surface area is 148 Å². The van der Waals surface area contributed by atoms with Gasteiger partial charge in [0.05, 0.1) is 22.6 Å². The van der Waals surface area contributed by atoms with Crippen molar-refractivity contribution in [1.82, 2.24) is 20.0 Å². The minimum absolute atomic E-state index is 0.0502. The summed E-state index contributed by atoms with van der Waals surface area (Å²) in [6, 6.07) is 7.50. The van der Waals surface area contributed by atoms with Crippen molar-refractivity contribution in [3.05, 3.63) is 46.2 Å². The van der Waals surface area contributed by atoms with E-state index in [1.54, 1.807) is 0 Å². The van der Waals surface area contributed by atoms with Gasteiger partial charge in [-0.1, -0.05) is 25.4 Å². The number of benzene rings is 1. The van der Waals surface area contributed by atoms with Crippen LogP contribution >= 0.6 is 11.6 Å². The monoisotopic (exact) mass is 348 g/mol. The lowest BCUT2D eigenvalue weighted by Crippen LogP contribution is -2.32. The van der Waals surface area contributed by atoms with Crippen LogP contribution < -0.4 is 5.32 Å². The van der Waals surface area contributed by atoms with Gasteiger partial charge >= 0.3 is 0 Å². The Balaban J connectivity index is 2.36. The van der Waals surface area contributed by atoms with E-state index in [-0.39, 0.29) is 5.91 Å². The van der Waals surface area contributed by atoms with Crippen molar-refractivity contribution in [3.8, 4) is 5.69 Å². The van der Waals surface area contributed by atoms with Crippen molar-refractivity contribution in [1.29, 1.82) is 0 Å². The number of aryl methyl sites for hydroxylation is 1. The smallest absolute Gasteiger partial charge is 0.255 e. The maximum absolute atomic E-state index is 12.7. The predicted octanol–water partition coefficient (Wildman–Crippen LogP) is 2.94. The molecule has 2 rings (SSSR count). The molecule has 5 nitrogen and oxygen atoms in total. The third-order valence-electron chi connectivity index (χ3n) is 3.87. The summed E-state index contributed by atoms with van der Waals surface area (Å²) >= 11 is 5.97. The molecule has 0 unspecified atom stereocenters. The van der Waals surface area contributed by atoms with Gasteiger partial charge in [0.2, 0.25) is 0 Å². The van der Waals surface area contributed by atoms with E-state index in [1.165, 1.54) is 0 Å². The normalized spacial score (nSPS) is 11.1. The number of hydrogen-bond acceptors (Lipinski definition) is 3. The van der Waals surface area contributed by atoms with Gasteiger partial charge in [-0.3, -0.25) is 4.79 Å². The zero-order valence-electron chi connectivity index (χ0n) is 14.8. The van der Waals surface area contributed by atoms with Gasteiger partial charge in [0.25, 0.3) is 5.91 Å². The molecule has 0 spiro atoms. The van der Waals surface area contributed by atoms with Crippen LogP contribution in [-0.4, -0.2) is 47.8 Å². The van der Waals surface area contributed by atoms with Crippen LogP contribution in [-0.2, 0) is 12.8 Å². The van der Waals surface area contributed by atoms with Crippen LogP contribution in [0.2, 0.25) is 5.02 Å². The first-order valence-corrected chi connectivity index (χ1v) is 8.65. The second kappa shape index (κ2) is 8.31. The lowest BCUT2D eigenvalue weighted by Gasteiger charge is -2.11. The van der Waals surface area contributed by atoms with Gasteiger partial charge in [0, 0.05) is 18.1 Å². The Bertz CT molecular complexity index is 692. The van der Waals surface area contributed by atoms with Gasteiger partial charge < -0.3 is 10.2 Å². The van der Waals surface area contributed by atoms with Gasteiger partial charge in [0.15, 0.2) is 0 Å².